The minimum Gasteiger partial charge on any atom is -0.397 e. The largest absolute Gasteiger partial charge is 0.397 e. The lowest BCUT2D eigenvalue weighted by molar-refractivity contribution is 1.15. The molecule has 0 saturated heterocycles. The van der Waals surface area contributed by atoms with Crippen molar-refractivity contribution in [1.82, 2.24) is 4.98 Å². The van der Waals surface area contributed by atoms with E-state index in [2.05, 4.69) is 10.3 Å². The number of hydrogen-bond donors (Lipinski definition) is 2. The number of rotatable bonds is 3. The molecule has 0 atom stereocenters. The molecule has 0 amide bonds. The predicted molar refractivity (Wildman–Crippen MR) is 84.9 cm³/mol. The van der Waals surface area contributed by atoms with Gasteiger partial charge in [0, 0.05) is 28.8 Å². The van der Waals surface area contributed by atoms with E-state index in [4.69, 9.17) is 17.3 Å². The number of nitrogens with two attached hydrogens (primary N) is 1. The van der Waals surface area contributed by atoms with Crippen molar-refractivity contribution in [3.8, 4) is 0 Å². The molecular formula is C16H14ClN3. The normalized spacial score (nSPS) is 10.7. The van der Waals surface area contributed by atoms with Crippen LogP contribution in [0.4, 0.5) is 11.4 Å². The highest BCUT2D eigenvalue weighted by molar-refractivity contribution is 6.30. The molecule has 0 aliphatic heterocycles. The molecular weight excluding hydrogens is 270 g/mol. The summed E-state index contributed by atoms with van der Waals surface area (Å²) in [4.78, 5) is 4.33. The van der Waals surface area contributed by atoms with Crippen molar-refractivity contribution in [2.24, 2.45) is 0 Å². The van der Waals surface area contributed by atoms with Crippen molar-refractivity contribution in [3.63, 3.8) is 0 Å². The van der Waals surface area contributed by atoms with E-state index in [1.54, 1.807) is 6.20 Å². The SMILES string of the molecule is Nc1ccc(NCc2ccc(Cl)cc2)c2cccnc12. The van der Waals surface area contributed by atoms with Crippen molar-refractivity contribution in [3.05, 3.63) is 65.3 Å². The van der Waals surface area contributed by atoms with E-state index in [1.807, 2.05) is 48.5 Å². The molecule has 100 valence electrons. The van der Waals surface area contributed by atoms with Gasteiger partial charge in [-0.15, -0.1) is 0 Å². The van der Waals surface area contributed by atoms with Crippen molar-refractivity contribution in [1.29, 1.82) is 0 Å². The number of nitrogens with zero attached hydrogens (tertiary/aromatic N) is 1. The van der Waals surface area contributed by atoms with E-state index in [-0.39, 0.29) is 0 Å². The van der Waals surface area contributed by atoms with Crippen molar-refractivity contribution < 1.29 is 0 Å². The molecule has 4 heteroatoms. The lowest BCUT2D eigenvalue weighted by atomic mass is 10.1. The third-order valence-corrected chi connectivity index (χ3v) is 3.45. The lowest BCUT2D eigenvalue weighted by Gasteiger charge is -2.11. The summed E-state index contributed by atoms with van der Waals surface area (Å²) < 4.78 is 0. The molecule has 0 aliphatic carbocycles. The van der Waals surface area contributed by atoms with Crippen LogP contribution in [0.1, 0.15) is 5.56 Å². The first-order valence-electron chi connectivity index (χ1n) is 6.35. The molecule has 0 saturated carbocycles. The lowest BCUT2D eigenvalue weighted by Crippen LogP contribution is -2.01. The van der Waals surface area contributed by atoms with Gasteiger partial charge in [0.2, 0.25) is 0 Å². The maximum Gasteiger partial charge on any atom is 0.0951 e. The smallest absolute Gasteiger partial charge is 0.0951 e. The first-order chi connectivity index (χ1) is 9.74. The Bertz CT molecular complexity index is 738. The Balaban J connectivity index is 1.88. The van der Waals surface area contributed by atoms with Crippen molar-refractivity contribution >= 4 is 33.9 Å². The Morgan fingerprint density at radius 2 is 1.85 bits per heavy atom. The van der Waals surface area contributed by atoms with Crippen LogP contribution >= 0.6 is 11.6 Å². The molecule has 3 rings (SSSR count). The first kappa shape index (κ1) is 12.8. The minimum atomic E-state index is 0.692. The van der Waals surface area contributed by atoms with Gasteiger partial charge in [0.1, 0.15) is 0 Å². The number of benzene rings is 2. The van der Waals surface area contributed by atoms with Crippen LogP contribution in [-0.4, -0.2) is 4.98 Å². The summed E-state index contributed by atoms with van der Waals surface area (Å²) in [6.07, 6.45) is 1.75. The van der Waals surface area contributed by atoms with Gasteiger partial charge in [-0.2, -0.15) is 0 Å². The topological polar surface area (TPSA) is 50.9 Å². The number of aromatic nitrogens is 1. The molecule has 0 spiro atoms. The Morgan fingerprint density at radius 3 is 2.65 bits per heavy atom. The van der Waals surface area contributed by atoms with E-state index in [1.165, 1.54) is 5.56 Å². The van der Waals surface area contributed by atoms with E-state index in [0.717, 1.165) is 28.2 Å². The second-order valence-electron chi connectivity index (χ2n) is 4.58. The zero-order valence-corrected chi connectivity index (χ0v) is 11.6. The maximum atomic E-state index is 5.94. The molecule has 0 unspecified atom stereocenters. The maximum absolute atomic E-state index is 5.94. The summed E-state index contributed by atoms with van der Waals surface area (Å²) in [5.41, 5.74) is 9.66. The summed E-state index contributed by atoms with van der Waals surface area (Å²) in [5, 5.41) is 5.19. The zero-order chi connectivity index (χ0) is 13.9. The molecule has 0 fully saturated rings. The molecule has 1 heterocycles. The molecule has 3 N–H and O–H groups in total. The molecule has 1 aromatic heterocycles. The van der Waals surface area contributed by atoms with Crippen molar-refractivity contribution in [2.45, 2.75) is 6.54 Å². The second-order valence-corrected chi connectivity index (χ2v) is 5.02. The summed E-state index contributed by atoms with van der Waals surface area (Å²) >= 11 is 5.88. The molecule has 0 aliphatic rings. The van der Waals surface area contributed by atoms with Gasteiger partial charge in [-0.3, -0.25) is 4.98 Å². The fourth-order valence-corrected chi connectivity index (χ4v) is 2.27. The number of nitrogen functional groups attached to an aromatic ring is 1. The monoisotopic (exact) mass is 283 g/mol. The van der Waals surface area contributed by atoms with Crippen LogP contribution in [0.3, 0.4) is 0 Å². The van der Waals surface area contributed by atoms with Crippen LogP contribution in [0.15, 0.2) is 54.7 Å². The molecule has 0 radical (unpaired) electrons. The van der Waals surface area contributed by atoms with Crippen LogP contribution in [0.2, 0.25) is 5.02 Å². The second kappa shape index (κ2) is 5.39. The fraction of sp³-hybridized carbons (Fsp3) is 0.0625. The van der Waals surface area contributed by atoms with Gasteiger partial charge >= 0.3 is 0 Å². The molecule has 0 bridgehead atoms. The number of hydrogen-bond acceptors (Lipinski definition) is 3. The third kappa shape index (κ3) is 2.53. The van der Waals surface area contributed by atoms with Crippen LogP contribution in [-0.2, 0) is 6.54 Å². The molecule has 20 heavy (non-hydrogen) atoms. The minimum absolute atomic E-state index is 0.692. The van der Waals surface area contributed by atoms with Gasteiger partial charge in [-0.25, -0.2) is 0 Å². The summed E-state index contributed by atoms with van der Waals surface area (Å²) in [7, 11) is 0. The van der Waals surface area contributed by atoms with Crippen LogP contribution in [0.5, 0.6) is 0 Å². The average Bonchev–Trinajstić information content (AvgIpc) is 2.49. The number of pyridine rings is 1. The Hall–Kier alpha value is -2.26. The highest BCUT2D eigenvalue weighted by Gasteiger charge is 2.04. The number of anilines is 2. The fourth-order valence-electron chi connectivity index (χ4n) is 2.15. The molecule has 3 aromatic rings. The van der Waals surface area contributed by atoms with Crippen LogP contribution in [0.25, 0.3) is 10.9 Å². The average molecular weight is 284 g/mol. The Labute approximate surface area is 122 Å². The Kier molecular flexibility index (Phi) is 3.44. The van der Waals surface area contributed by atoms with Gasteiger partial charge in [0.05, 0.1) is 11.2 Å². The van der Waals surface area contributed by atoms with E-state index in [9.17, 15) is 0 Å². The van der Waals surface area contributed by atoms with Gasteiger partial charge in [0.15, 0.2) is 0 Å². The quantitative estimate of drug-likeness (QED) is 0.712. The van der Waals surface area contributed by atoms with E-state index in [0.29, 0.717) is 5.69 Å². The third-order valence-electron chi connectivity index (χ3n) is 3.20. The van der Waals surface area contributed by atoms with Crippen molar-refractivity contribution in [2.75, 3.05) is 11.1 Å². The Morgan fingerprint density at radius 1 is 1.05 bits per heavy atom. The van der Waals surface area contributed by atoms with Gasteiger partial charge in [0.25, 0.3) is 0 Å². The standard InChI is InChI=1S/C16H14ClN3/c17-12-5-3-11(4-6-12)10-20-15-8-7-14(18)16-13(15)2-1-9-19-16/h1-9,20H,10,18H2. The van der Waals surface area contributed by atoms with Crippen LogP contribution < -0.4 is 11.1 Å². The summed E-state index contributed by atoms with van der Waals surface area (Å²) in [6, 6.07) is 15.6. The number of halogens is 1. The van der Waals surface area contributed by atoms with Gasteiger partial charge < -0.3 is 11.1 Å². The predicted octanol–water partition coefficient (Wildman–Crippen LogP) is 4.08. The van der Waals surface area contributed by atoms with Gasteiger partial charge in [-0.05, 0) is 42.0 Å². The number of nitrogens with one attached hydrogen (secondary N) is 1. The first-order valence-corrected chi connectivity index (χ1v) is 6.73. The van der Waals surface area contributed by atoms with Crippen LogP contribution in [0, 0.1) is 0 Å². The summed E-state index contributed by atoms with van der Waals surface area (Å²) in [6.45, 7) is 0.727. The zero-order valence-electron chi connectivity index (χ0n) is 10.8. The van der Waals surface area contributed by atoms with E-state index < -0.39 is 0 Å². The highest BCUT2D eigenvalue weighted by Crippen LogP contribution is 2.26. The number of fused-ring (bicyclic) bond motifs is 1. The van der Waals surface area contributed by atoms with Gasteiger partial charge in [-0.1, -0.05) is 23.7 Å². The molecule has 3 nitrogen and oxygen atoms in total. The molecule has 2 aromatic carbocycles. The van der Waals surface area contributed by atoms with E-state index >= 15 is 0 Å². The highest BCUT2D eigenvalue weighted by atomic mass is 35.5. The summed E-state index contributed by atoms with van der Waals surface area (Å²) in [5.74, 6) is 0.